The number of para-hydroxylation sites is 1. The zero-order chi connectivity index (χ0) is 31.1. The van der Waals surface area contributed by atoms with Crippen molar-refractivity contribution in [1.82, 2.24) is 4.57 Å². The summed E-state index contributed by atoms with van der Waals surface area (Å²) in [6.07, 6.45) is 1.25. The summed E-state index contributed by atoms with van der Waals surface area (Å²) in [6, 6.07) is 22.7. The van der Waals surface area contributed by atoms with Crippen molar-refractivity contribution in [3.63, 3.8) is 0 Å². The lowest BCUT2D eigenvalue weighted by atomic mass is 9.88. The number of carbonyl (C=O) groups excluding carboxylic acids is 1. The molecule has 226 valence electrons. The number of hydrogen-bond acceptors (Lipinski definition) is 4. The number of anilines is 1. The maximum absolute atomic E-state index is 12.6. The Morgan fingerprint density at radius 1 is 1.00 bits per heavy atom. The highest BCUT2D eigenvalue weighted by molar-refractivity contribution is 8.01. The molecule has 8 heteroatoms. The van der Waals surface area contributed by atoms with Gasteiger partial charge in [0.25, 0.3) is 0 Å². The molecule has 0 bridgehead atoms. The maximum atomic E-state index is 12.6. The molecule has 0 fully saturated rings. The number of thioether (sulfide) groups is 2. The molecule has 4 aromatic rings. The van der Waals surface area contributed by atoms with Crippen LogP contribution in [0.4, 0.5) is 5.69 Å². The fourth-order valence-electron chi connectivity index (χ4n) is 5.70. The van der Waals surface area contributed by atoms with E-state index in [0.29, 0.717) is 18.0 Å². The Morgan fingerprint density at radius 3 is 2.35 bits per heavy atom. The molecule has 1 aliphatic heterocycles. The number of nitrogens with zero attached hydrogens (tertiary/aromatic N) is 2. The number of rotatable bonds is 9. The van der Waals surface area contributed by atoms with Crippen LogP contribution in [0.5, 0.6) is 0 Å². The molecule has 5 nitrogen and oxygen atoms in total. The number of carboxylic acids is 1. The molecule has 0 spiro atoms. The van der Waals surface area contributed by atoms with Gasteiger partial charge in [-0.2, -0.15) is 0 Å². The van der Waals surface area contributed by atoms with E-state index in [1.54, 1.807) is 44.3 Å². The molecule has 1 N–H and O–H groups in total. The molecule has 1 aliphatic rings. The van der Waals surface area contributed by atoms with Crippen LogP contribution in [-0.4, -0.2) is 38.1 Å². The van der Waals surface area contributed by atoms with Crippen LogP contribution in [0.25, 0.3) is 10.9 Å². The zero-order valence-electron chi connectivity index (χ0n) is 25.6. The molecule has 5 rings (SSSR count). The zero-order valence-corrected chi connectivity index (χ0v) is 28.0. The fraction of sp³-hybridized carbons (Fsp3) is 0.371. The topological polar surface area (TPSA) is 62.5 Å². The summed E-state index contributed by atoms with van der Waals surface area (Å²) in [5.41, 5.74) is 4.52. The first-order valence-corrected chi connectivity index (χ1v) is 16.7. The van der Waals surface area contributed by atoms with Crippen molar-refractivity contribution < 1.29 is 14.7 Å². The second-order valence-electron chi connectivity index (χ2n) is 12.9. The summed E-state index contributed by atoms with van der Waals surface area (Å²) in [5.74, 6) is 0.0393. The summed E-state index contributed by atoms with van der Waals surface area (Å²) in [4.78, 5) is 29.1. The molecule has 0 radical (unpaired) electrons. The fourth-order valence-corrected chi connectivity index (χ4v) is 8.03. The maximum Gasteiger partial charge on any atom is 0.309 e. The van der Waals surface area contributed by atoms with E-state index in [4.69, 9.17) is 11.6 Å². The Bertz CT molecular complexity index is 1670. The molecule has 1 unspecified atom stereocenters. The van der Waals surface area contributed by atoms with Gasteiger partial charge in [0.15, 0.2) is 0 Å². The third-order valence-electron chi connectivity index (χ3n) is 7.80. The van der Waals surface area contributed by atoms with Gasteiger partial charge >= 0.3 is 5.97 Å². The van der Waals surface area contributed by atoms with Crippen molar-refractivity contribution >= 4 is 63.6 Å². The summed E-state index contributed by atoms with van der Waals surface area (Å²) in [5, 5.41) is 11.9. The summed E-state index contributed by atoms with van der Waals surface area (Å²) in [6.45, 7) is 12.4. The largest absolute Gasteiger partial charge is 0.481 e. The number of fused-ring (bicyclic) bond motifs is 2. The number of benzene rings is 3. The van der Waals surface area contributed by atoms with Crippen LogP contribution >= 0.6 is 35.1 Å². The van der Waals surface area contributed by atoms with Gasteiger partial charge in [0.2, 0.25) is 5.91 Å². The molecule has 0 aliphatic carbocycles. The first-order valence-electron chi connectivity index (χ1n) is 14.6. The lowest BCUT2D eigenvalue weighted by molar-refractivity contribution is -0.146. The molecule has 1 atom stereocenters. The highest BCUT2D eigenvalue weighted by Crippen LogP contribution is 2.44. The average Bonchev–Trinajstić information content (AvgIpc) is 3.43. The molecular weight excluding hydrogens is 596 g/mol. The normalized spacial score (nSPS) is 15.2. The number of aromatic nitrogens is 1. The predicted octanol–water partition coefficient (Wildman–Crippen LogP) is 8.96. The van der Waals surface area contributed by atoms with E-state index >= 15 is 0 Å². The van der Waals surface area contributed by atoms with Gasteiger partial charge < -0.3 is 14.6 Å². The molecule has 1 amide bonds. The minimum atomic E-state index is -0.940. The minimum absolute atomic E-state index is 0.0693. The Balaban J connectivity index is 1.56. The Hall–Kier alpha value is -2.87. The van der Waals surface area contributed by atoms with E-state index in [1.807, 2.05) is 47.4 Å². The lowest BCUT2D eigenvalue weighted by Crippen LogP contribution is -2.37. The van der Waals surface area contributed by atoms with Crippen molar-refractivity contribution in [2.24, 2.45) is 5.41 Å². The molecular formula is C35H39ClN2O3S2. The van der Waals surface area contributed by atoms with Gasteiger partial charge in [-0.25, -0.2) is 0 Å². The van der Waals surface area contributed by atoms with Crippen LogP contribution in [-0.2, 0) is 29.0 Å². The van der Waals surface area contributed by atoms with Crippen LogP contribution in [0, 0.1) is 5.41 Å². The highest BCUT2D eigenvalue weighted by atomic mass is 35.5. The smallest absolute Gasteiger partial charge is 0.309 e. The predicted molar refractivity (Wildman–Crippen MR) is 181 cm³/mol. The number of carbonyl (C=O) groups is 2. The van der Waals surface area contributed by atoms with Crippen molar-refractivity contribution in [3.8, 4) is 0 Å². The number of halogens is 1. The third-order valence-corrected chi connectivity index (χ3v) is 10.5. The number of amides is 1. The van der Waals surface area contributed by atoms with Crippen molar-refractivity contribution in [1.29, 1.82) is 0 Å². The highest BCUT2D eigenvalue weighted by Gasteiger charge is 2.34. The Kier molecular flexibility index (Phi) is 8.99. The molecule has 2 heterocycles. The van der Waals surface area contributed by atoms with Gasteiger partial charge in [-0.1, -0.05) is 62.7 Å². The Labute approximate surface area is 268 Å². The SMILES string of the molecule is CC(=O)N1c2ccccc2CC1CSc1ccc2c(c1)c(SC(C)(C)C)c(CC(C)(C)C(=O)O)n2Cc1ccc(Cl)cc1. The lowest BCUT2D eigenvalue weighted by Gasteiger charge is -2.24. The summed E-state index contributed by atoms with van der Waals surface area (Å²) in [7, 11) is 0. The van der Waals surface area contributed by atoms with Crippen LogP contribution in [0.2, 0.25) is 5.02 Å². The van der Waals surface area contributed by atoms with Gasteiger partial charge in [-0.05, 0) is 67.8 Å². The minimum Gasteiger partial charge on any atom is -0.481 e. The molecule has 0 saturated heterocycles. The molecule has 1 aromatic heterocycles. The Morgan fingerprint density at radius 2 is 1.70 bits per heavy atom. The van der Waals surface area contributed by atoms with Crippen LogP contribution < -0.4 is 4.90 Å². The van der Waals surface area contributed by atoms with Gasteiger partial charge in [0.1, 0.15) is 0 Å². The standard InChI is InChI=1S/C35H39ClN2O3S2/c1-22(39)38-26(17-24-9-7-8-10-29(24)38)21-42-27-15-16-30-28(18-27)32(43-34(2,3)4)31(19-35(5,6)33(40)41)37(30)20-23-11-13-25(36)14-12-23/h7-16,18,26H,17,19-21H2,1-6H3,(H,40,41). The van der Waals surface area contributed by atoms with E-state index in [9.17, 15) is 14.7 Å². The summed E-state index contributed by atoms with van der Waals surface area (Å²) < 4.78 is 2.21. The number of carboxylic acid groups (broad SMARTS) is 1. The number of hydrogen-bond donors (Lipinski definition) is 1. The van der Waals surface area contributed by atoms with Gasteiger partial charge in [0, 0.05) is 67.5 Å². The first kappa shape index (κ1) is 31.6. The van der Waals surface area contributed by atoms with E-state index < -0.39 is 11.4 Å². The van der Waals surface area contributed by atoms with Gasteiger partial charge in [0.05, 0.1) is 11.5 Å². The molecule has 0 saturated carbocycles. The van der Waals surface area contributed by atoms with E-state index in [0.717, 1.165) is 49.8 Å². The molecule has 3 aromatic carbocycles. The quantitative estimate of drug-likeness (QED) is 0.186. The van der Waals surface area contributed by atoms with Gasteiger partial charge in [-0.3, -0.25) is 9.59 Å². The van der Waals surface area contributed by atoms with Crippen LogP contribution in [0.1, 0.15) is 58.4 Å². The van der Waals surface area contributed by atoms with Crippen LogP contribution in [0.3, 0.4) is 0 Å². The van der Waals surface area contributed by atoms with Crippen molar-refractivity contribution in [3.05, 3.63) is 88.6 Å². The average molecular weight is 635 g/mol. The monoisotopic (exact) mass is 634 g/mol. The van der Waals surface area contributed by atoms with Crippen molar-refractivity contribution in [2.75, 3.05) is 10.7 Å². The van der Waals surface area contributed by atoms with Crippen molar-refractivity contribution in [2.45, 2.75) is 81.5 Å². The third kappa shape index (κ3) is 6.95. The second kappa shape index (κ2) is 12.3. The number of aliphatic carboxylic acids is 1. The van der Waals surface area contributed by atoms with E-state index in [2.05, 4.69) is 49.6 Å². The molecule has 43 heavy (non-hydrogen) atoms. The first-order chi connectivity index (χ1) is 20.2. The summed E-state index contributed by atoms with van der Waals surface area (Å²) >= 11 is 9.75. The van der Waals surface area contributed by atoms with Crippen LogP contribution in [0.15, 0.2) is 76.5 Å². The second-order valence-corrected chi connectivity index (χ2v) is 16.3. The van der Waals surface area contributed by atoms with Gasteiger partial charge in [-0.15, -0.1) is 23.5 Å². The van der Waals surface area contributed by atoms with E-state index in [1.165, 1.54) is 5.56 Å². The van der Waals surface area contributed by atoms with E-state index in [-0.39, 0.29) is 16.7 Å².